The van der Waals surface area contributed by atoms with Crippen LogP contribution in [0.25, 0.3) is 22.0 Å². The molecule has 0 spiro atoms. The number of aryl methyl sites for hydroxylation is 2. The van der Waals surface area contributed by atoms with Crippen LogP contribution in [-0.4, -0.2) is 30.2 Å². The van der Waals surface area contributed by atoms with E-state index in [4.69, 9.17) is 15.0 Å². The molecule has 0 radical (unpaired) electrons. The van der Waals surface area contributed by atoms with E-state index in [0.29, 0.717) is 12.1 Å². The third-order valence-electron chi connectivity index (χ3n) is 5.23. The number of anilines is 2. The second-order valence-electron chi connectivity index (χ2n) is 7.59. The fourth-order valence-electron chi connectivity index (χ4n) is 3.84. The summed E-state index contributed by atoms with van der Waals surface area (Å²) in [6, 6.07) is 19.8. The van der Waals surface area contributed by atoms with Gasteiger partial charge in [0.2, 0.25) is 0 Å². The first-order valence-electron chi connectivity index (χ1n) is 10.5. The smallest absolute Gasteiger partial charge is 0.152 e. The quantitative estimate of drug-likeness (QED) is 0.392. The van der Waals surface area contributed by atoms with Crippen LogP contribution < -0.4 is 15.4 Å². The maximum Gasteiger partial charge on any atom is 0.152 e. The molecule has 0 unspecified atom stereocenters. The van der Waals surface area contributed by atoms with Crippen molar-refractivity contribution in [3.8, 4) is 22.9 Å². The predicted octanol–water partition coefficient (Wildman–Crippen LogP) is 5.32. The molecule has 4 aromatic rings. The Balaban J connectivity index is 1.54. The summed E-state index contributed by atoms with van der Waals surface area (Å²) < 4.78 is 5.76. The lowest BCUT2D eigenvalue weighted by atomic mass is 10.0. The molecular weight excluding hydrogens is 398 g/mol. The summed E-state index contributed by atoms with van der Waals surface area (Å²) in [4.78, 5) is 9.14. The van der Waals surface area contributed by atoms with Crippen LogP contribution in [-0.2, 0) is 0 Å². The number of hydrogen-bond acceptors (Lipinski definition) is 6. The Morgan fingerprint density at radius 1 is 0.969 bits per heavy atom. The van der Waals surface area contributed by atoms with Crippen LogP contribution in [0.1, 0.15) is 17.0 Å². The van der Waals surface area contributed by atoms with Crippen molar-refractivity contribution in [3.05, 3.63) is 77.7 Å². The van der Waals surface area contributed by atoms with Crippen molar-refractivity contribution in [2.75, 3.05) is 30.8 Å². The largest absolute Gasteiger partial charge is 0.494 e. The Kier molecular flexibility index (Phi) is 6.18. The minimum absolute atomic E-state index is 0.636. The molecule has 0 saturated carbocycles. The van der Waals surface area contributed by atoms with Crippen molar-refractivity contribution in [2.24, 2.45) is 0 Å². The zero-order chi connectivity index (χ0) is 22.5. The SMILES string of the molecule is COc1c(NCCNc2cc(C)nc(C)c2)cnc2c(-c3ccc(C#N)cc3)cccc12. The highest BCUT2D eigenvalue weighted by molar-refractivity contribution is 5.99. The van der Waals surface area contributed by atoms with Gasteiger partial charge in [0.1, 0.15) is 0 Å². The highest BCUT2D eigenvalue weighted by Crippen LogP contribution is 2.36. The summed E-state index contributed by atoms with van der Waals surface area (Å²) in [6.07, 6.45) is 1.81. The molecule has 0 bridgehead atoms. The number of pyridine rings is 2. The maximum absolute atomic E-state index is 9.05. The number of benzene rings is 2. The zero-order valence-electron chi connectivity index (χ0n) is 18.4. The molecule has 0 aliphatic heterocycles. The average molecular weight is 424 g/mol. The average Bonchev–Trinajstić information content (AvgIpc) is 2.80. The Morgan fingerprint density at radius 2 is 1.69 bits per heavy atom. The van der Waals surface area contributed by atoms with E-state index in [0.717, 1.165) is 57.1 Å². The first kappa shape index (κ1) is 21.1. The molecular formula is C26H25N5O. The topological polar surface area (TPSA) is 82.9 Å². The number of aromatic nitrogens is 2. The molecule has 2 heterocycles. The van der Waals surface area contributed by atoms with Crippen molar-refractivity contribution in [2.45, 2.75) is 13.8 Å². The predicted molar refractivity (Wildman–Crippen MR) is 129 cm³/mol. The van der Waals surface area contributed by atoms with Gasteiger partial charge in [0.15, 0.2) is 5.75 Å². The zero-order valence-corrected chi connectivity index (χ0v) is 18.4. The van der Waals surface area contributed by atoms with E-state index in [-0.39, 0.29) is 0 Å². The summed E-state index contributed by atoms with van der Waals surface area (Å²) >= 11 is 0. The van der Waals surface area contributed by atoms with Crippen molar-refractivity contribution in [3.63, 3.8) is 0 Å². The van der Waals surface area contributed by atoms with Crippen molar-refractivity contribution in [1.82, 2.24) is 9.97 Å². The number of para-hydroxylation sites is 1. The number of fused-ring (bicyclic) bond motifs is 1. The molecule has 32 heavy (non-hydrogen) atoms. The van der Waals surface area contributed by atoms with Crippen molar-refractivity contribution in [1.29, 1.82) is 5.26 Å². The third-order valence-corrected chi connectivity index (χ3v) is 5.23. The Labute approximate surface area is 187 Å². The lowest BCUT2D eigenvalue weighted by Crippen LogP contribution is -2.14. The van der Waals surface area contributed by atoms with Crippen LogP contribution in [0.5, 0.6) is 5.75 Å². The molecule has 0 saturated heterocycles. The molecule has 4 rings (SSSR count). The summed E-state index contributed by atoms with van der Waals surface area (Å²) in [7, 11) is 1.68. The number of nitrogens with zero attached hydrogens (tertiary/aromatic N) is 3. The van der Waals surface area contributed by atoms with Gasteiger partial charge in [-0.05, 0) is 49.7 Å². The van der Waals surface area contributed by atoms with E-state index in [1.54, 1.807) is 7.11 Å². The Morgan fingerprint density at radius 3 is 2.38 bits per heavy atom. The van der Waals surface area contributed by atoms with Gasteiger partial charge in [-0.25, -0.2) is 0 Å². The minimum atomic E-state index is 0.636. The van der Waals surface area contributed by atoms with E-state index in [1.807, 2.05) is 74.6 Å². The van der Waals surface area contributed by atoms with Crippen LogP contribution in [0.4, 0.5) is 11.4 Å². The number of nitriles is 1. The summed E-state index contributed by atoms with van der Waals surface area (Å²) in [5.41, 5.74) is 7.42. The van der Waals surface area contributed by atoms with Gasteiger partial charge in [0.05, 0.1) is 36.1 Å². The number of rotatable bonds is 7. The highest BCUT2D eigenvalue weighted by Gasteiger charge is 2.13. The summed E-state index contributed by atoms with van der Waals surface area (Å²) in [5.74, 6) is 0.765. The highest BCUT2D eigenvalue weighted by atomic mass is 16.5. The van der Waals surface area contributed by atoms with Crippen LogP contribution >= 0.6 is 0 Å². The Bertz CT molecular complexity index is 1270. The fourth-order valence-corrected chi connectivity index (χ4v) is 3.84. The van der Waals surface area contributed by atoms with Crippen LogP contribution in [0.15, 0.2) is 60.8 Å². The van der Waals surface area contributed by atoms with E-state index in [1.165, 1.54) is 0 Å². The van der Waals surface area contributed by atoms with Gasteiger partial charge in [-0.3, -0.25) is 9.97 Å². The van der Waals surface area contributed by atoms with Crippen LogP contribution in [0.2, 0.25) is 0 Å². The van der Waals surface area contributed by atoms with Gasteiger partial charge in [0.25, 0.3) is 0 Å². The Hall–Kier alpha value is -4.11. The van der Waals surface area contributed by atoms with E-state index >= 15 is 0 Å². The minimum Gasteiger partial charge on any atom is -0.494 e. The summed E-state index contributed by atoms with van der Waals surface area (Å²) in [6.45, 7) is 5.44. The molecule has 0 amide bonds. The number of methoxy groups -OCH3 is 1. The van der Waals surface area contributed by atoms with Crippen molar-refractivity contribution < 1.29 is 4.74 Å². The second-order valence-corrected chi connectivity index (χ2v) is 7.59. The molecule has 0 aliphatic carbocycles. The first-order valence-corrected chi connectivity index (χ1v) is 10.5. The third kappa shape index (κ3) is 4.47. The molecule has 0 fully saturated rings. The van der Waals surface area contributed by atoms with E-state index in [2.05, 4.69) is 21.7 Å². The van der Waals surface area contributed by atoms with Gasteiger partial charge >= 0.3 is 0 Å². The first-order chi connectivity index (χ1) is 15.6. The summed E-state index contributed by atoms with van der Waals surface area (Å²) in [5, 5.41) is 16.8. The monoisotopic (exact) mass is 423 g/mol. The molecule has 0 atom stereocenters. The molecule has 2 aromatic carbocycles. The molecule has 0 aliphatic rings. The standard InChI is InChI=1S/C26H25N5O/c1-17-13-21(14-18(2)31-17)28-11-12-29-24-16-30-25-22(5-4-6-23(25)26(24)32-3)20-9-7-19(15-27)8-10-20/h4-10,13-14,16,29H,11-12H2,1-3H3,(H,28,31). The van der Waals surface area contributed by atoms with Gasteiger partial charge < -0.3 is 15.4 Å². The second kappa shape index (κ2) is 9.36. The van der Waals surface area contributed by atoms with Gasteiger partial charge in [-0.15, -0.1) is 0 Å². The van der Waals surface area contributed by atoms with E-state index < -0.39 is 0 Å². The number of ether oxygens (including phenoxy) is 1. The van der Waals surface area contributed by atoms with Gasteiger partial charge in [-0.2, -0.15) is 5.26 Å². The number of hydrogen-bond donors (Lipinski definition) is 2. The lowest BCUT2D eigenvalue weighted by Gasteiger charge is -2.15. The fraction of sp³-hybridized carbons (Fsp3) is 0.192. The molecule has 2 N–H and O–H groups in total. The van der Waals surface area contributed by atoms with Crippen LogP contribution in [0.3, 0.4) is 0 Å². The maximum atomic E-state index is 9.05. The molecule has 2 aromatic heterocycles. The molecule has 6 nitrogen and oxygen atoms in total. The normalized spacial score (nSPS) is 10.6. The molecule has 6 heteroatoms. The lowest BCUT2D eigenvalue weighted by molar-refractivity contribution is 0.421. The van der Waals surface area contributed by atoms with Gasteiger partial charge in [-0.1, -0.05) is 24.3 Å². The van der Waals surface area contributed by atoms with E-state index in [9.17, 15) is 0 Å². The molecule has 160 valence electrons. The number of nitrogens with one attached hydrogen (secondary N) is 2. The van der Waals surface area contributed by atoms with Crippen molar-refractivity contribution >= 4 is 22.3 Å². The van der Waals surface area contributed by atoms with Gasteiger partial charge in [0, 0.05) is 41.1 Å². The van der Waals surface area contributed by atoms with Crippen LogP contribution in [0, 0.1) is 25.2 Å².